The first-order valence-corrected chi connectivity index (χ1v) is 10.4. The van der Waals surface area contributed by atoms with E-state index >= 15 is 0 Å². The Balaban J connectivity index is 0.00000157. The smallest absolute Gasteiger partial charge is 0.228 e. The van der Waals surface area contributed by atoms with Crippen LogP contribution in [0.15, 0.2) is 0 Å². The Morgan fingerprint density at radius 2 is 1.48 bits per heavy atom. The Hall–Kier alpha value is -0.280. The van der Waals surface area contributed by atoms with Gasteiger partial charge in [0.1, 0.15) is 0 Å². The van der Waals surface area contributed by atoms with Gasteiger partial charge in [-0.2, -0.15) is 0 Å². The van der Waals surface area contributed by atoms with Crippen molar-refractivity contribution in [2.24, 2.45) is 34.0 Å². The van der Waals surface area contributed by atoms with Crippen molar-refractivity contribution in [1.82, 2.24) is 10.2 Å². The molecule has 2 aliphatic heterocycles. The summed E-state index contributed by atoms with van der Waals surface area (Å²) in [6.07, 6.45) is 10.1. The van der Waals surface area contributed by atoms with E-state index in [9.17, 15) is 4.79 Å². The normalized spacial score (nSPS) is 51.0. The maximum absolute atomic E-state index is 13.7. The summed E-state index contributed by atoms with van der Waals surface area (Å²) >= 11 is 0. The molecule has 2 heterocycles. The molecule has 2 unspecified atom stereocenters. The molecule has 6 rings (SSSR count). The fourth-order valence-corrected chi connectivity index (χ4v) is 8.44. The van der Waals surface area contributed by atoms with E-state index in [1.54, 1.807) is 0 Å². The van der Waals surface area contributed by atoms with Gasteiger partial charge in [-0.3, -0.25) is 4.79 Å². The molecule has 4 heteroatoms. The lowest BCUT2D eigenvalue weighted by molar-refractivity contribution is -0.179. The van der Waals surface area contributed by atoms with Crippen LogP contribution < -0.4 is 5.32 Å². The van der Waals surface area contributed by atoms with Crippen LogP contribution in [0.5, 0.6) is 0 Å². The monoisotopic (exact) mass is 366 g/mol. The number of nitrogens with zero attached hydrogens (tertiary/aromatic N) is 1. The number of hydrogen-bond donors (Lipinski definition) is 1. The number of nitrogens with one attached hydrogen (secondary N) is 1. The minimum Gasteiger partial charge on any atom is -0.342 e. The van der Waals surface area contributed by atoms with Crippen molar-refractivity contribution < 1.29 is 4.79 Å². The summed E-state index contributed by atoms with van der Waals surface area (Å²) in [5.74, 6) is 3.00. The van der Waals surface area contributed by atoms with E-state index in [0.29, 0.717) is 16.7 Å². The lowest BCUT2D eigenvalue weighted by Crippen LogP contribution is -2.60. The van der Waals surface area contributed by atoms with E-state index in [2.05, 4.69) is 24.1 Å². The van der Waals surface area contributed by atoms with Crippen molar-refractivity contribution in [3.63, 3.8) is 0 Å². The zero-order valence-electron chi connectivity index (χ0n) is 16.0. The second-order valence-electron chi connectivity index (χ2n) is 11.0. The first-order valence-electron chi connectivity index (χ1n) is 10.4. The molecule has 4 bridgehead atoms. The molecule has 0 aromatic heterocycles. The number of amides is 1. The molecule has 6 fully saturated rings. The predicted molar refractivity (Wildman–Crippen MR) is 103 cm³/mol. The number of halogens is 1. The van der Waals surface area contributed by atoms with Gasteiger partial charge in [0, 0.05) is 13.1 Å². The fourth-order valence-electron chi connectivity index (χ4n) is 8.44. The summed E-state index contributed by atoms with van der Waals surface area (Å²) in [5, 5.41) is 3.55. The second-order valence-corrected chi connectivity index (χ2v) is 11.0. The third-order valence-corrected chi connectivity index (χ3v) is 8.39. The number of hydrogen-bond acceptors (Lipinski definition) is 2. The third kappa shape index (κ3) is 2.84. The minimum absolute atomic E-state index is 0. The van der Waals surface area contributed by atoms with Crippen molar-refractivity contribution in [3.8, 4) is 0 Å². The van der Waals surface area contributed by atoms with Crippen LogP contribution in [0, 0.1) is 34.0 Å². The fraction of sp³-hybridized carbons (Fsp3) is 0.952. The van der Waals surface area contributed by atoms with Gasteiger partial charge < -0.3 is 10.2 Å². The molecular formula is C21H35ClN2O. The van der Waals surface area contributed by atoms with E-state index in [-0.39, 0.29) is 17.8 Å². The summed E-state index contributed by atoms with van der Waals surface area (Å²) in [4.78, 5) is 16.0. The largest absolute Gasteiger partial charge is 0.342 e. The van der Waals surface area contributed by atoms with Crippen molar-refractivity contribution in [2.75, 3.05) is 26.2 Å². The Labute approximate surface area is 159 Å². The highest BCUT2D eigenvalue weighted by Crippen LogP contribution is 2.69. The Morgan fingerprint density at radius 3 is 2.00 bits per heavy atom. The average Bonchev–Trinajstić information content (AvgIpc) is 2.82. The molecule has 0 radical (unpaired) electrons. The van der Waals surface area contributed by atoms with Gasteiger partial charge in [-0.1, -0.05) is 13.8 Å². The van der Waals surface area contributed by atoms with E-state index < -0.39 is 0 Å². The molecule has 0 spiro atoms. The van der Waals surface area contributed by atoms with Crippen molar-refractivity contribution in [1.29, 1.82) is 0 Å². The van der Waals surface area contributed by atoms with Crippen molar-refractivity contribution in [2.45, 2.75) is 65.2 Å². The van der Waals surface area contributed by atoms with Gasteiger partial charge in [-0.05, 0) is 93.0 Å². The van der Waals surface area contributed by atoms with Gasteiger partial charge in [0.25, 0.3) is 0 Å². The second kappa shape index (κ2) is 5.86. The highest BCUT2D eigenvalue weighted by atomic mass is 35.5. The summed E-state index contributed by atoms with van der Waals surface area (Å²) < 4.78 is 0. The molecule has 4 saturated carbocycles. The molecular weight excluding hydrogens is 332 g/mol. The molecule has 0 aromatic carbocycles. The number of carbonyl (C=O) groups is 1. The van der Waals surface area contributed by atoms with Crippen LogP contribution in [-0.4, -0.2) is 37.0 Å². The lowest BCUT2D eigenvalue weighted by atomic mass is 9.40. The van der Waals surface area contributed by atoms with Crippen LogP contribution in [0.2, 0.25) is 0 Å². The minimum atomic E-state index is 0. The molecule has 1 amide bonds. The standard InChI is InChI=1S/C21H34N2O.ClH/c1-19-7-15-8-20(2,12-19)14-21(9-15,13-19)18(24)23-5-3-16-10-22-11-17(16)4-6-23;/h15-17,22H,3-14H2,1-2H3;1H/t15?,16-,17+,19?,20?,21?;. The number of likely N-dealkylation sites (tertiary alicyclic amines) is 1. The zero-order valence-corrected chi connectivity index (χ0v) is 16.8. The van der Waals surface area contributed by atoms with Crippen LogP contribution in [0.3, 0.4) is 0 Å². The van der Waals surface area contributed by atoms with Crippen LogP contribution in [0.4, 0.5) is 0 Å². The first-order chi connectivity index (χ1) is 11.4. The van der Waals surface area contributed by atoms with Crippen LogP contribution >= 0.6 is 12.4 Å². The molecule has 142 valence electrons. The lowest BCUT2D eigenvalue weighted by Gasteiger charge is -2.65. The van der Waals surface area contributed by atoms with Gasteiger partial charge in [0.15, 0.2) is 0 Å². The van der Waals surface area contributed by atoms with E-state index in [1.807, 2.05) is 0 Å². The Kier molecular flexibility index (Phi) is 4.24. The first kappa shape index (κ1) is 18.1. The zero-order chi connectivity index (χ0) is 16.6. The molecule has 3 nitrogen and oxygen atoms in total. The van der Waals surface area contributed by atoms with Crippen LogP contribution in [-0.2, 0) is 4.79 Å². The van der Waals surface area contributed by atoms with Gasteiger partial charge in [-0.25, -0.2) is 0 Å². The third-order valence-electron chi connectivity index (χ3n) is 8.39. The molecule has 1 N–H and O–H groups in total. The maximum atomic E-state index is 13.7. The topological polar surface area (TPSA) is 32.3 Å². The molecule has 4 atom stereocenters. The number of rotatable bonds is 1. The maximum Gasteiger partial charge on any atom is 0.228 e. The van der Waals surface area contributed by atoms with Crippen LogP contribution in [0.1, 0.15) is 65.2 Å². The molecule has 6 aliphatic rings. The average molecular weight is 367 g/mol. The SMILES string of the molecule is CC12CC3CC(C)(C1)CC(C(=O)N1CC[C@@H]4CNC[C@@H]4CC1)(C3)C2.Cl. The Morgan fingerprint density at radius 1 is 0.920 bits per heavy atom. The van der Waals surface area contributed by atoms with Gasteiger partial charge in [0.2, 0.25) is 5.91 Å². The summed E-state index contributed by atoms with van der Waals surface area (Å²) in [6.45, 7) is 9.35. The van der Waals surface area contributed by atoms with Crippen molar-refractivity contribution >= 4 is 18.3 Å². The summed E-state index contributed by atoms with van der Waals surface area (Å²) in [5.41, 5.74) is 0.882. The quantitative estimate of drug-likeness (QED) is 0.764. The summed E-state index contributed by atoms with van der Waals surface area (Å²) in [7, 11) is 0. The highest BCUT2D eigenvalue weighted by Gasteiger charge is 2.63. The van der Waals surface area contributed by atoms with Gasteiger partial charge >= 0.3 is 0 Å². The van der Waals surface area contributed by atoms with Crippen LogP contribution in [0.25, 0.3) is 0 Å². The predicted octanol–water partition coefficient (Wildman–Crippen LogP) is 3.86. The molecule has 4 aliphatic carbocycles. The van der Waals surface area contributed by atoms with E-state index in [0.717, 1.165) is 30.8 Å². The number of carbonyl (C=O) groups excluding carboxylic acids is 1. The van der Waals surface area contributed by atoms with Crippen molar-refractivity contribution in [3.05, 3.63) is 0 Å². The van der Waals surface area contributed by atoms with E-state index in [1.165, 1.54) is 64.5 Å². The molecule has 2 saturated heterocycles. The van der Waals surface area contributed by atoms with Gasteiger partial charge in [-0.15, -0.1) is 12.4 Å². The number of fused-ring (bicyclic) bond motifs is 1. The highest BCUT2D eigenvalue weighted by molar-refractivity contribution is 5.85. The van der Waals surface area contributed by atoms with E-state index in [4.69, 9.17) is 0 Å². The van der Waals surface area contributed by atoms with Gasteiger partial charge in [0.05, 0.1) is 5.41 Å². The summed E-state index contributed by atoms with van der Waals surface area (Å²) in [6, 6.07) is 0. The molecule has 0 aromatic rings. The Bertz CT molecular complexity index is 532. The molecule has 25 heavy (non-hydrogen) atoms.